The first-order chi connectivity index (χ1) is 7.59. The van der Waals surface area contributed by atoms with Gasteiger partial charge >= 0.3 is 0 Å². The Bertz CT molecular complexity index is 197. The van der Waals surface area contributed by atoms with Crippen LogP contribution in [0.25, 0.3) is 0 Å². The minimum Gasteiger partial charge on any atom is -0.379 e. The van der Waals surface area contributed by atoms with Crippen molar-refractivity contribution in [1.82, 2.24) is 5.32 Å². The SMILES string of the molecule is CNC1CCOCC1OCCC(C)(C)OC. The van der Waals surface area contributed by atoms with Crippen LogP contribution < -0.4 is 5.32 Å². The van der Waals surface area contributed by atoms with Crippen LogP contribution in [0, 0.1) is 0 Å². The van der Waals surface area contributed by atoms with Crippen LogP contribution in [0.1, 0.15) is 26.7 Å². The molecule has 0 amide bonds. The molecule has 0 aromatic rings. The number of likely N-dealkylation sites (N-methyl/N-ethyl adjacent to an activating group) is 1. The Morgan fingerprint density at radius 1 is 1.44 bits per heavy atom. The molecule has 0 aliphatic carbocycles. The first-order valence-electron chi connectivity index (χ1n) is 6.01. The summed E-state index contributed by atoms with van der Waals surface area (Å²) in [6.45, 7) is 6.38. The third kappa shape index (κ3) is 4.37. The van der Waals surface area contributed by atoms with Gasteiger partial charge in [-0.2, -0.15) is 0 Å². The maximum Gasteiger partial charge on any atom is 0.0961 e. The van der Waals surface area contributed by atoms with E-state index in [1.165, 1.54) is 0 Å². The second-order valence-corrected chi connectivity index (χ2v) is 4.88. The zero-order chi connectivity index (χ0) is 12.0. The minimum atomic E-state index is -0.106. The standard InChI is InChI=1S/C12H25NO3/c1-12(2,14-4)6-8-16-11-9-15-7-5-10(11)13-3/h10-11,13H,5-9H2,1-4H3. The van der Waals surface area contributed by atoms with Gasteiger partial charge in [0.2, 0.25) is 0 Å². The number of nitrogens with one attached hydrogen (secondary N) is 1. The van der Waals surface area contributed by atoms with Crippen molar-refractivity contribution in [1.29, 1.82) is 0 Å². The van der Waals surface area contributed by atoms with Crippen molar-refractivity contribution in [3.05, 3.63) is 0 Å². The zero-order valence-corrected chi connectivity index (χ0v) is 10.9. The largest absolute Gasteiger partial charge is 0.379 e. The van der Waals surface area contributed by atoms with Gasteiger partial charge in [-0.3, -0.25) is 0 Å². The lowest BCUT2D eigenvalue weighted by atomic mass is 10.0. The molecule has 0 aromatic carbocycles. The Labute approximate surface area is 98.6 Å². The number of rotatable bonds is 6. The van der Waals surface area contributed by atoms with Crippen LogP contribution in [0.15, 0.2) is 0 Å². The maximum atomic E-state index is 5.86. The fourth-order valence-electron chi connectivity index (χ4n) is 1.76. The lowest BCUT2D eigenvalue weighted by Gasteiger charge is -2.32. The van der Waals surface area contributed by atoms with E-state index in [2.05, 4.69) is 19.2 Å². The molecule has 0 spiro atoms. The highest BCUT2D eigenvalue weighted by Gasteiger charge is 2.26. The molecule has 0 saturated carbocycles. The summed E-state index contributed by atoms with van der Waals surface area (Å²) in [5.41, 5.74) is -0.106. The molecule has 1 heterocycles. The van der Waals surface area contributed by atoms with Crippen molar-refractivity contribution in [2.45, 2.75) is 44.4 Å². The van der Waals surface area contributed by atoms with Gasteiger partial charge in [0.05, 0.1) is 18.3 Å². The van der Waals surface area contributed by atoms with Gasteiger partial charge in [0, 0.05) is 26.4 Å². The molecule has 1 aliphatic rings. The van der Waals surface area contributed by atoms with Gasteiger partial charge in [-0.05, 0) is 33.7 Å². The molecule has 16 heavy (non-hydrogen) atoms. The molecule has 4 heteroatoms. The van der Waals surface area contributed by atoms with E-state index in [1.54, 1.807) is 7.11 Å². The second kappa shape index (κ2) is 6.55. The van der Waals surface area contributed by atoms with E-state index < -0.39 is 0 Å². The van der Waals surface area contributed by atoms with Crippen molar-refractivity contribution in [2.24, 2.45) is 0 Å². The Kier molecular flexibility index (Phi) is 5.69. The molecule has 1 fully saturated rings. The van der Waals surface area contributed by atoms with Crippen molar-refractivity contribution in [2.75, 3.05) is 34.0 Å². The fraction of sp³-hybridized carbons (Fsp3) is 1.00. The predicted molar refractivity (Wildman–Crippen MR) is 63.7 cm³/mol. The highest BCUT2D eigenvalue weighted by molar-refractivity contribution is 4.79. The highest BCUT2D eigenvalue weighted by atomic mass is 16.5. The molecule has 2 unspecified atom stereocenters. The van der Waals surface area contributed by atoms with Gasteiger partial charge < -0.3 is 19.5 Å². The summed E-state index contributed by atoms with van der Waals surface area (Å²) in [4.78, 5) is 0. The average molecular weight is 231 g/mol. The quantitative estimate of drug-likeness (QED) is 0.745. The van der Waals surface area contributed by atoms with Crippen LogP contribution in [0.2, 0.25) is 0 Å². The number of methoxy groups -OCH3 is 1. The number of ether oxygens (including phenoxy) is 3. The van der Waals surface area contributed by atoms with Crippen molar-refractivity contribution in [3.63, 3.8) is 0 Å². The van der Waals surface area contributed by atoms with Crippen LogP contribution in [0.3, 0.4) is 0 Å². The maximum absolute atomic E-state index is 5.86. The van der Waals surface area contributed by atoms with Gasteiger partial charge in [0.1, 0.15) is 0 Å². The topological polar surface area (TPSA) is 39.7 Å². The van der Waals surface area contributed by atoms with E-state index in [0.717, 1.165) is 19.4 Å². The molecule has 2 atom stereocenters. The summed E-state index contributed by atoms with van der Waals surface area (Å²) >= 11 is 0. The van der Waals surface area contributed by atoms with Crippen LogP contribution >= 0.6 is 0 Å². The van der Waals surface area contributed by atoms with E-state index in [9.17, 15) is 0 Å². The van der Waals surface area contributed by atoms with Crippen LogP contribution in [0.5, 0.6) is 0 Å². The van der Waals surface area contributed by atoms with E-state index >= 15 is 0 Å². The molecule has 1 aliphatic heterocycles. The Hall–Kier alpha value is -0.160. The van der Waals surface area contributed by atoms with Crippen molar-refractivity contribution in [3.8, 4) is 0 Å². The molecular weight excluding hydrogens is 206 g/mol. The summed E-state index contributed by atoms with van der Waals surface area (Å²) in [5.74, 6) is 0. The van der Waals surface area contributed by atoms with Gasteiger partial charge in [-0.1, -0.05) is 0 Å². The predicted octanol–water partition coefficient (Wildman–Crippen LogP) is 1.19. The molecule has 0 radical (unpaired) electrons. The molecule has 1 rings (SSSR count). The molecule has 4 nitrogen and oxygen atoms in total. The fourth-order valence-corrected chi connectivity index (χ4v) is 1.76. The third-order valence-electron chi connectivity index (χ3n) is 3.26. The average Bonchev–Trinajstić information content (AvgIpc) is 2.29. The van der Waals surface area contributed by atoms with Crippen LogP contribution in [-0.2, 0) is 14.2 Å². The highest BCUT2D eigenvalue weighted by Crippen LogP contribution is 2.16. The number of hydrogen-bond donors (Lipinski definition) is 1. The molecule has 96 valence electrons. The molecule has 1 saturated heterocycles. The van der Waals surface area contributed by atoms with Gasteiger partial charge in [-0.15, -0.1) is 0 Å². The third-order valence-corrected chi connectivity index (χ3v) is 3.26. The van der Waals surface area contributed by atoms with E-state index in [-0.39, 0.29) is 11.7 Å². The minimum absolute atomic E-state index is 0.106. The van der Waals surface area contributed by atoms with E-state index in [4.69, 9.17) is 14.2 Å². The smallest absolute Gasteiger partial charge is 0.0961 e. The normalized spacial score (nSPS) is 27.0. The van der Waals surface area contributed by atoms with Crippen LogP contribution in [0.4, 0.5) is 0 Å². The monoisotopic (exact) mass is 231 g/mol. The molecule has 1 N–H and O–H groups in total. The molecule has 0 aromatic heterocycles. The molecular formula is C12H25NO3. The Morgan fingerprint density at radius 2 is 2.19 bits per heavy atom. The van der Waals surface area contributed by atoms with Gasteiger partial charge in [-0.25, -0.2) is 0 Å². The Balaban J connectivity index is 2.25. The Morgan fingerprint density at radius 3 is 2.81 bits per heavy atom. The lowest BCUT2D eigenvalue weighted by molar-refractivity contribution is -0.0840. The van der Waals surface area contributed by atoms with Crippen molar-refractivity contribution >= 4 is 0 Å². The van der Waals surface area contributed by atoms with Crippen LogP contribution in [-0.4, -0.2) is 51.7 Å². The summed E-state index contributed by atoms with van der Waals surface area (Å²) in [5, 5.41) is 3.28. The lowest BCUT2D eigenvalue weighted by Crippen LogP contribution is -2.46. The first kappa shape index (κ1) is 13.9. The van der Waals surface area contributed by atoms with E-state index in [1.807, 2.05) is 7.05 Å². The van der Waals surface area contributed by atoms with E-state index in [0.29, 0.717) is 19.3 Å². The summed E-state index contributed by atoms with van der Waals surface area (Å²) < 4.78 is 16.6. The summed E-state index contributed by atoms with van der Waals surface area (Å²) in [7, 11) is 3.71. The van der Waals surface area contributed by atoms with Gasteiger partial charge in [0.25, 0.3) is 0 Å². The summed E-state index contributed by atoms with van der Waals surface area (Å²) in [6, 6.07) is 0.416. The van der Waals surface area contributed by atoms with Gasteiger partial charge in [0.15, 0.2) is 0 Å². The van der Waals surface area contributed by atoms with Crippen molar-refractivity contribution < 1.29 is 14.2 Å². The summed E-state index contributed by atoms with van der Waals surface area (Å²) in [6.07, 6.45) is 2.09. The number of hydrogen-bond acceptors (Lipinski definition) is 4. The molecule has 0 bridgehead atoms. The second-order valence-electron chi connectivity index (χ2n) is 4.88. The first-order valence-corrected chi connectivity index (χ1v) is 6.01. The zero-order valence-electron chi connectivity index (χ0n) is 10.9.